The van der Waals surface area contributed by atoms with Crippen LogP contribution in [0.2, 0.25) is 0 Å². The largest absolute Gasteiger partial charge is 0.342 e. The summed E-state index contributed by atoms with van der Waals surface area (Å²) in [5.41, 5.74) is 0. The summed E-state index contributed by atoms with van der Waals surface area (Å²) < 4.78 is 0. The molecule has 0 aromatic rings. The molecule has 1 unspecified atom stereocenters. The third kappa shape index (κ3) is 3.50. The lowest BCUT2D eigenvalue weighted by molar-refractivity contribution is -0.129. The average molecular weight is 216 g/mol. The first-order valence-electron chi connectivity index (χ1n) is 5.19. The van der Waals surface area contributed by atoms with Gasteiger partial charge in [0, 0.05) is 25.3 Å². The average Bonchev–Trinajstić information content (AvgIpc) is 2.63. The van der Waals surface area contributed by atoms with Gasteiger partial charge in [0.2, 0.25) is 5.91 Å². The van der Waals surface area contributed by atoms with E-state index in [-0.39, 0.29) is 0 Å². The van der Waals surface area contributed by atoms with Crippen molar-refractivity contribution >= 4 is 17.7 Å². The van der Waals surface area contributed by atoms with E-state index < -0.39 is 0 Å². The number of carbonyl (C=O) groups excluding carboxylic acids is 1. The molecule has 0 aliphatic carbocycles. The molecule has 0 aromatic heterocycles. The molecule has 14 heavy (non-hydrogen) atoms. The van der Waals surface area contributed by atoms with Crippen LogP contribution in [0.15, 0.2) is 0 Å². The van der Waals surface area contributed by atoms with Gasteiger partial charge in [-0.1, -0.05) is 0 Å². The Morgan fingerprint density at radius 3 is 3.07 bits per heavy atom. The number of hydrogen-bond donors (Lipinski definition) is 1. The van der Waals surface area contributed by atoms with E-state index in [0.29, 0.717) is 18.2 Å². The number of likely N-dealkylation sites (tertiary alicyclic amines) is 1. The van der Waals surface area contributed by atoms with Crippen LogP contribution in [0.5, 0.6) is 0 Å². The van der Waals surface area contributed by atoms with E-state index in [1.54, 1.807) is 11.8 Å². The molecule has 4 heteroatoms. The highest BCUT2D eigenvalue weighted by molar-refractivity contribution is 7.98. The zero-order valence-corrected chi connectivity index (χ0v) is 9.90. The Morgan fingerprint density at radius 2 is 2.43 bits per heavy atom. The maximum atomic E-state index is 11.6. The summed E-state index contributed by atoms with van der Waals surface area (Å²) in [5, 5.41) is 3.17. The summed E-state index contributed by atoms with van der Waals surface area (Å²) in [4.78, 5) is 13.7. The summed E-state index contributed by atoms with van der Waals surface area (Å²) in [6, 6.07) is 0. The third-order valence-corrected chi connectivity index (χ3v) is 3.26. The molecule has 1 heterocycles. The molecule has 1 aliphatic rings. The van der Waals surface area contributed by atoms with Gasteiger partial charge < -0.3 is 10.2 Å². The zero-order chi connectivity index (χ0) is 10.4. The van der Waals surface area contributed by atoms with Gasteiger partial charge in [-0.05, 0) is 32.2 Å². The minimum absolute atomic E-state index is 0.331. The molecule has 1 amide bonds. The molecule has 0 bridgehead atoms. The van der Waals surface area contributed by atoms with Gasteiger partial charge in [0.15, 0.2) is 0 Å². The molecular weight excluding hydrogens is 196 g/mol. The normalized spacial score (nSPS) is 21.6. The second-order valence-corrected chi connectivity index (χ2v) is 4.78. The van der Waals surface area contributed by atoms with Gasteiger partial charge in [0.05, 0.1) is 0 Å². The number of hydrogen-bond acceptors (Lipinski definition) is 3. The number of nitrogens with one attached hydrogen (secondary N) is 1. The molecule has 1 atom stereocenters. The molecular formula is C10H20N2OS. The molecule has 1 N–H and O–H groups in total. The first-order chi connectivity index (χ1) is 6.77. The third-order valence-electron chi connectivity index (χ3n) is 2.65. The Hall–Kier alpha value is -0.220. The molecule has 1 aliphatic heterocycles. The van der Waals surface area contributed by atoms with Crippen LogP contribution in [0.1, 0.15) is 12.8 Å². The number of amides is 1. The van der Waals surface area contributed by atoms with E-state index in [1.165, 1.54) is 0 Å². The van der Waals surface area contributed by atoms with Gasteiger partial charge in [-0.3, -0.25) is 4.79 Å². The van der Waals surface area contributed by atoms with E-state index in [4.69, 9.17) is 0 Å². The van der Waals surface area contributed by atoms with Crippen molar-refractivity contribution in [3.05, 3.63) is 0 Å². The minimum atomic E-state index is 0.331. The smallest absolute Gasteiger partial charge is 0.223 e. The van der Waals surface area contributed by atoms with Gasteiger partial charge in [-0.2, -0.15) is 11.8 Å². The van der Waals surface area contributed by atoms with Crippen LogP contribution in [0.3, 0.4) is 0 Å². The summed E-state index contributed by atoms with van der Waals surface area (Å²) in [7, 11) is 1.97. The van der Waals surface area contributed by atoms with Gasteiger partial charge in [0.1, 0.15) is 0 Å². The topological polar surface area (TPSA) is 32.3 Å². The maximum absolute atomic E-state index is 11.6. The van der Waals surface area contributed by atoms with Crippen LogP contribution >= 0.6 is 11.8 Å². The van der Waals surface area contributed by atoms with Gasteiger partial charge in [-0.25, -0.2) is 0 Å². The summed E-state index contributed by atoms with van der Waals surface area (Å²) in [6.07, 6.45) is 3.90. The van der Waals surface area contributed by atoms with Crippen LogP contribution in [0.4, 0.5) is 0 Å². The van der Waals surface area contributed by atoms with Crippen molar-refractivity contribution in [2.24, 2.45) is 5.92 Å². The van der Waals surface area contributed by atoms with E-state index >= 15 is 0 Å². The van der Waals surface area contributed by atoms with Crippen LogP contribution in [-0.4, -0.2) is 49.5 Å². The molecule has 0 aromatic carbocycles. The summed E-state index contributed by atoms with van der Waals surface area (Å²) in [5.74, 6) is 1.95. The van der Waals surface area contributed by atoms with Gasteiger partial charge in [-0.15, -0.1) is 0 Å². The maximum Gasteiger partial charge on any atom is 0.223 e. The highest BCUT2D eigenvalue weighted by atomic mass is 32.2. The molecule has 1 rings (SSSR count). The van der Waals surface area contributed by atoms with Gasteiger partial charge in [0.25, 0.3) is 0 Å². The fraction of sp³-hybridized carbons (Fsp3) is 0.900. The summed E-state index contributed by atoms with van der Waals surface area (Å²) >= 11 is 1.74. The first-order valence-corrected chi connectivity index (χ1v) is 6.58. The van der Waals surface area contributed by atoms with Crippen LogP contribution in [0.25, 0.3) is 0 Å². The SMILES string of the molecule is CNCC1CCN(C(=O)CCSC)C1. The van der Waals surface area contributed by atoms with Crippen molar-refractivity contribution < 1.29 is 4.79 Å². The predicted octanol–water partition coefficient (Wildman–Crippen LogP) is 0.807. The lowest BCUT2D eigenvalue weighted by Gasteiger charge is -2.16. The van der Waals surface area contributed by atoms with Crippen molar-refractivity contribution in [2.45, 2.75) is 12.8 Å². The highest BCUT2D eigenvalue weighted by Crippen LogP contribution is 2.16. The number of thioether (sulfide) groups is 1. The Kier molecular flexibility index (Phi) is 5.33. The molecule has 0 radical (unpaired) electrons. The van der Waals surface area contributed by atoms with Crippen LogP contribution < -0.4 is 5.32 Å². The number of carbonyl (C=O) groups is 1. The monoisotopic (exact) mass is 216 g/mol. The molecule has 1 saturated heterocycles. The van der Waals surface area contributed by atoms with E-state index in [0.717, 1.165) is 31.8 Å². The van der Waals surface area contributed by atoms with E-state index in [9.17, 15) is 4.79 Å². The minimum Gasteiger partial charge on any atom is -0.342 e. The molecule has 82 valence electrons. The quantitative estimate of drug-likeness (QED) is 0.738. The lowest BCUT2D eigenvalue weighted by atomic mass is 10.1. The van der Waals surface area contributed by atoms with Crippen molar-refractivity contribution in [1.29, 1.82) is 0 Å². The molecule has 0 saturated carbocycles. The van der Waals surface area contributed by atoms with Crippen LogP contribution in [0, 0.1) is 5.92 Å². The molecule has 0 spiro atoms. The van der Waals surface area contributed by atoms with E-state index in [2.05, 4.69) is 5.32 Å². The first kappa shape index (κ1) is 11.9. The Bertz CT molecular complexity index is 187. The van der Waals surface area contributed by atoms with Gasteiger partial charge >= 0.3 is 0 Å². The van der Waals surface area contributed by atoms with Crippen LogP contribution in [-0.2, 0) is 4.79 Å². The van der Waals surface area contributed by atoms with Crippen molar-refractivity contribution in [2.75, 3.05) is 38.7 Å². The fourth-order valence-corrected chi connectivity index (χ4v) is 2.24. The highest BCUT2D eigenvalue weighted by Gasteiger charge is 2.24. The lowest BCUT2D eigenvalue weighted by Crippen LogP contribution is -2.30. The Morgan fingerprint density at radius 1 is 1.64 bits per heavy atom. The van der Waals surface area contributed by atoms with Crippen molar-refractivity contribution in [3.63, 3.8) is 0 Å². The second kappa shape index (κ2) is 6.30. The van der Waals surface area contributed by atoms with E-state index in [1.807, 2.05) is 18.2 Å². The Labute approximate surface area is 90.6 Å². The molecule has 3 nitrogen and oxygen atoms in total. The van der Waals surface area contributed by atoms with Crippen molar-refractivity contribution in [1.82, 2.24) is 10.2 Å². The fourth-order valence-electron chi connectivity index (χ4n) is 1.86. The molecule has 1 fully saturated rings. The number of rotatable bonds is 5. The predicted molar refractivity (Wildman–Crippen MR) is 61.6 cm³/mol. The Balaban J connectivity index is 2.23. The standard InChI is InChI=1S/C10H20N2OS/c1-11-7-9-3-5-12(8-9)10(13)4-6-14-2/h9,11H,3-8H2,1-2H3. The zero-order valence-electron chi connectivity index (χ0n) is 9.08. The second-order valence-electron chi connectivity index (χ2n) is 3.79. The summed E-state index contributed by atoms with van der Waals surface area (Å²) in [6.45, 7) is 2.94. The number of nitrogens with zero attached hydrogens (tertiary/aromatic N) is 1. The van der Waals surface area contributed by atoms with Crippen molar-refractivity contribution in [3.8, 4) is 0 Å².